The number of nitrogens with zero attached hydrogens (tertiary/aromatic N) is 4. The van der Waals surface area contributed by atoms with Gasteiger partial charge in [0.1, 0.15) is 0 Å². The zero-order chi connectivity index (χ0) is 23.6. The van der Waals surface area contributed by atoms with Crippen LogP contribution in [0.4, 0.5) is 0 Å². The van der Waals surface area contributed by atoms with Gasteiger partial charge in [-0.25, -0.2) is 0 Å². The third-order valence-corrected chi connectivity index (χ3v) is 10.9. The molecule has 33 heavy (non-hydrogen) atoms. The SMILES string of the molecule is CCCCCCCCCCCCCCCCCCC1CN2C(=S)N(C)S3=C2N(C1)C(=S)N3C. The smallest absolute Gasteiger partial charge is 0.188 e. The van der Waals surface area contributed by atoms with E-state index in [0.717, 1.165) is 23.3 Å². The molecule has 0 amide bonds. The molecule has 3 aliphatic heterocycles. The van der Waals surface area contributed by atoms with Crippen LogP contribution in [0.25, 0.3) is 0 Å². The van der Waals surface area contributed by atoms with Crippen LogP contribution < -0.4 is 0 Å². The zero-order valence-corrected chi connectivity index (χ0v) is 24.0. The normalized spacial score (nSPS) is 18.9. The number of thiocarbonyl (C=S) groups is 2. The third kappa shape index (κ3) is 7.30. The summed E-state index contributed by atoms with van der Waals surface area (Å²) in [6, 6.07) is 0. The fourth-order valence-electron chi connectivity index (χ4n) is 5.47. The molecule has 0 aromatic carbocycles. The van der Waals surface area contributed by atoms with Crippen LogP contribution >= 0.6 is 35.3 Å². The van der Waals surface area contributed by atoms with E-state index in [0.29, 0.717) is 5.92 Å². The minimum atomic E-state index is -0.106. The summed E-state index contributed by atoms with van der Waals surface area (Å²) in [5, 5.41) is 3.28. The van der Waals surface area contributed by atoms with Crippen LogP contribution in [0.3, 0.4) is 0 Å². The van der Waals surface area contributed by atoms with Crippen molar-refractivity contribution >= 4 is 50.6 Å². The van der Waals surface area contributed by atoms with Crippen molar-refractivity contribution in [3.05, 3.63) is 0 Å². The third-order valence-electron chi connectivity index (χ3n) is 7.49. The number of hydrogen-bond donors (Lipinski definition) is 0. The molecule has 3 heterocycles. The Morgan fingerprint density at radius 3 is 1.39 bits per heavy atom. The van der Waals surface area contributed by atoms with Gasteiger partial charge in [-0.05, 0) is 36.8 Å². The van der Waals surface area contributed by atoms with Gasteiger partial charge in [-0.3, -0.25) is 18.4 Å². The Morgan fingerprint density at radius 1 is 0.636 bits per heavy atom. The van der Waals surface area contributed by atoms with Gasteiger partial charge in [0.2, 0.25) is 0 Å². The Balaban J connectivity index is 1.17. The van der Waals surface area contributed by atoms with Gasteiger partial charge in [0.25, 0.3) is 0 Å². The lowest BCUT2D eigenvalue weighted by Crippen LogP contribution is -2.55. The first-order valence-corrected chi connectivity index (χ1v) is 15.7. The first-order chi connectivity index (χ1) is 16.1. The summed E-state index contributed by atoms with van der Waals surface area (Å²) in [7, 11) is 4.12. The molecule has 0 N–H and O–H groups in total. The minimum Gasteiger partial charge on any atom is -0.296 e. The Labute approximate surface area is 217 Å². The maximum atomic E-state index is 5.74. The summed E-state index contributed by atoms with van der Waals surface area (Å²) < 4.78 is 4.46. The summed E-state index contributed by atoms with van der Waals surface area (Å²) in [5.41, 5.74) is 0. The van der Waals surface area contributed by atoms with E-state index in [2.05, 4.69) is 39.4 Å². The van der Waals surface area contributed by atoms with Crippen LogP contribution in [-0.4, -0.2) is 60.9 Å². The van der Waals surface area contributed by atoms with Crippen molar-refractivity contribution < 1.29 is 0 Å². The minimum absolute atomic E-state index is 0.106. The van der Waals surface area contributed by atoms with Crippen LogP contribution in [-0.2, 0) is 0 Å². The van der Waals surface area contributed by atoms with Crippen LogP contribution in [0.1, 0.15) is 116 Å². The van der Waals surface area contributed by atoms with E-state index in [-0.39, 0.29) is 10.9 Å². The fraction of sp³-hybridized carbons (Fsp3) is 0.885. The molecule has 0 aromatic rings. The maximum absolute atomic E-state index is 5.74. The summed E-state index contributed by atoms with van der Waals surface area (Å²) in [6.45, 7) is 4.45. The topological polar surface area (TPSA) is 13.0 Å². The standard InChI is InChI=1S/C26H48N4S3/c1-4-5-6-7-8-9-10-11-12-13-14-15-16-17-18-19-20-23-21-29-24(31)27(2)33-26(29)30(22-23)25(32)28(33)3/h23H,4-22H2,1-3H3. The molecule has 0 bridgehead atoms. The molecular weight excluding hydrogens is 465 g/mol. The van der Waals surface area contributed by atoms with Crippen LogP contribution in [0, 0.1) is 5.92 Å². The highest BCUT2D eigenvalue weighted by Gasteiger charge is 2.48. The van der Waals surface area contributed by atoms with Gasteiger partial charge in [-0.15, -0.1) is 0 Å². The van der Waals surface area contributed by atoms with Crippen molar-refractivity contribution in [2.45, 2.75) is 116 Å². The Hall–Kier alpha value is -0.400. The first kappa shape index (κ1) is 27.2. The van der Waals surface area contributed by atoms with E-state index in [1.54, 1.807) is 0 Å². The molecule has 0 saturated carbocycles. The van der Waals surface area contributed by atoms with Crippen molar-refractivity contribution in [1.82, 2.24) is 18.4 Å². The lowest BCUT2D eigenvalue weighted by molar-refractivity contribution is 0.284. The van der Waals surface area contributed by atoms with E-state index >= 15 is 0 Å². The average molecular weight is 513 g/mol. The second-order valence-corrected chi connectivity index (χ2v) is 13.0. The predicted molar refractivity (Wildman–Crippen MR) is 154 cm³/mol. The molecule has 3 aliphatic rings. The number of unbranched alkanes of at least 4 members (excludes halogenated alkanes) is 15. The molecule has 1 saturated heterocycles. The molecule has 3 rings (SSSR count). The van der Waals surface area contributed by atoms with Crippen LogP contribution in [0.5, 0.6) is 0 Å². The molecule has 0 spiro atoms. The van der Waals surface area contributed by atoms with Gasteiger partial charge < -0.3 is 0 Å². The van der Waals surface area contributed by atoms with Crippen molar-refractivity contribution in [3.63, 3.8) is 0 Å². The number of hydrogen-bond acceptors (Lipinski definition) is 2. The molecule has 190 valence electrons. The van der Waals surface area contributed by atoms with E-state index in [1.165, 1.54) is 114 Å². The van der Waals surface area contributed by atoms with Crippen LogP contribution in [0.2, 0.25) is 0 Å². The largest absolute Gasteiger partial charge is 0.296 e. The average Bonchev–Trinajstić information content (AvgIpc) is 3.22. The highest BCUT2D eigenvalue weighted by atomic mass is 32.2. The van der Waals surface area contributed by atoms with Crippen molar-refractivity contribution in [3.8, 4) is 0 Å². The molecule has 0 aliphatic carbocycles. The molecule has 4 nitrogen and oxygen atoms in total. The predicted octanol–water partition coefficient (Wildman–Crippen LogP) is 7.52. The molecule has 7 heteroatoms. The fourth-order valence-corrected chi connectivity index (χ4v) is 8.40. The van der Waals surface area contributed by atoms with Crippen molar-refractivity contribution in [2.75, 3.05) is 27.2 Å². The molecular formula is C26H48N4S3. The Kier molecular flexibility index (Phi) is 11.7. The summed E-state index contributed by atoms with van der Waals surface area (Å²) in [4.78, 5) is 4.74. The second-order valence-electron chi connectivity index (χ2n) is 10.3. The Bertz CT molecular complexity index is 644. The van der Waals surface area contributed by atoms with Gasteiger partial charge in [0.05, 0.1) is 10.9 Å². The van der Waals surface area contributed by atoms with E-state index in [4.69, 9.17) is 24.4 Å². The van der Waals surface area contributed by atoms with Gasteiger partial charge in [0.15, 0.2) is 15.3 Å². The molecule has 0 aromatic heterocycles. The Morgan fingerprint density at radius 2 is 1.00 bits per heavy atom. The quantitative estimate of drug-likeness (QED) is 0.147. The lowest BCUT2D eigenvalue weighted by atomic mass is 9.97. The zero-order valence-electron chi connectivity index (χ0n) is 21.5. The van der Waals surface area contributed by atoms with E-state index in [9.17, 15) is 0 Å². The summed E-state index contributed by atoms with van der Waals surface area (Å²) in [5.74, 6) is 0.666. The van der Waals surface area contributed by atoms with Crippen molar-refractivity contribution in [2.24, 2.45) is 5.92 Å². The second kappa shape index (κ2) is 14.2. The van der Waals surface area contributed by atoms with Gasteiger partial charge in [-0.1, -0.05) is 110 Å². The van der Waals surface area contributed by atoms with Crippen molar-refractivity contribution in [1.29, 1.82) is 0 Å². The summed E-state index contributed by atoms with van der Waals surface area (Å²) >= 11 is 11.5. The van der Waals surface area contributed by atoms with Gasteiger partial charge >= 0.3 is 0 Å². The van der Waals surface area contributed by atoms with Gasteiger partial charge in [-0.2, -0.15) is 0 Å². The molecule has 0 atom stereocenters. The van der Waals surface area contributed by atoms with E-state index < -0.39 is 0 Å². The highest BCUT2D eigenvalue weighted by Crippen LogP contribution is 2.43. The van der Waals surface area contributed by atoms with Crippen LogP contribution in [0.15, 0.2) is 0 Å². The highest BCUT2D eigenvalue weighted by molar-refractivity contribution is 8.14. The monoisotopic (exact) mass is 512 g/mol. The lowest BCUT2D eigenvalue weighted by Gasteiger charge is -2.39. The summed E-state index contributed by atoms with van der Waals surface area (Å²) in [6.07, 6.45) is 24.2. The molecule has 0 radical (unpaired) electrons. The molecule has 1 fully saturated rings. The van der Waals surface area contributed by atoms with Gasteiger partial charge in [0, 0.05) is 27.2 Å². The first-order valence-electron chi connectivity index (χ1n) is 13.8. The van der Waals surface area contributed by atoms with E-state index in [1.807, 2.05) is 0 Å². The number of rotatable bonds is 17. The molecule has 0 unspecified atom stereocenters. The maximum Gasteiger partial charge on any atom is 0.188 e.